The molecule has 0 spiro atoms. The summed E-state index contributed by atoms with van der Waals surface area (Å²) in [6, 6.07) is 2.24. The number of hydrogen-bond donors (Lipinski definition) is 4. The van der Waals surface area contributed by atoms with Crippen molar-refractivity contribution in [1.29, 1.82) is 0 Å². The lowest BCUT2D eigenvalue weighted by molar-refractivity contribution is -0.139. The van der Waals surface area contributed by atoms with Crippen LogP contribution in [0.1, 0.15) is 31.2 Å². The van der Waals surface area contributed by atoms with Gasteiger partial charge in [-0.25, -0.2) is 0 Å². The number of carboxylic acids is 1. The van der Waals surface area contributed by atoms with Gasteiger partial charge in [-0.1, -0.05) is 6.42 Å². The highest BCUT2D eigenvalue weighted by Crippen LogP contribution is 2.53. The average Bonchev–Trinajstić information content (AvgIpc) is 2.11. The van der Waals surface area contributed by atoms with Crippen molar-refractivity contribution >= 4 is 5.97 Å². The second-order valence-electron chi connectivity index (χ2n) is 4.56. The fourth-order valence-corrected chi connectivity index (χ4v) is 2.55. The number of rotatable bonds is 3. The van der Waals surface area contributed by atoms with Crippen molar-refractivity contribution in [2.45, 2.75) is 31.1 Å². The Bertz CT molecular complexity index is 439. The number of aliphatic carboxylic acids is 1. The van der Waals surface area contributed by atoms with Crippen molar-refractivity contribution in [2.75, 3.05) is 0 Å². The molecule has 1 saturated carbocycles. The summed E-state index contributed by atoms with van der Waals surface area (Å²) in [5.74, 6) is -1.70. The molecule has 92 valence electrons. The van der Waals surface area contributed by atoms with E-state index in [4.69, 9.17) is 5.11 Å². The minimum absolute atomic E-state index is 0.126. The summed E-state index contributed by atoms with van der Waals surface area (Å²) in [7, 11) is 0. The van der Waals surface area contributed by atoms with Crippen LogP contribution in [0.4, 0.5) is 0 Å². The average molecular weight is 238 g/mol. The summed E-state index contributed by atoms with van der Waals surface area (Å²) in [5, 5.41) is 37.7. The lowest BCUT2D eigenvalue weighted by atomic mass is 9.62. The molecule has 0 radical (unpaired) electrons. The van der Waals surface area contributed by atoms with E-state index in [0.717, 1.165) is 18.6 Å². The number of hydrogen-bond acceptors (Lipinski definition) is 4. The molecule has 1 aromatic rings. The maximum Gasteiger partial charge on any atom is 0.304 e. The summed E-state index contributed by atoms with van der Waals surface area (Å²) in [4.78, 5) is 10.9. The minimum atomic E-state index is -0.962. The molecule has 0 aliphatic heterocycles. The molecule has 17 heavy (non-hydrogen) atoms. The maximum atomic E-state index is 10.9. The van der Waals surface area contributed by atoms with Crippen molar-refractivity contribution in [1.82, 2.24) is 0 Å². The third-order valence-electron chi connectivity index (χ3n) is 3.41. The van der Waals surface area contributed by atoms with Gasteiger partial charge < -0.3 is 20.4 Å². The van der Waals surface area contributed by atoms with Crippen LogP contribution in [-0.2, 0) is 10.2 Å². The van der Waals surface area contributed by atoms with E-state index in [1.807, 2.05) is 0 Å². The molecule has 0 amide bonds. The Hall–Kier alpha value is -1.91. The van der Waals surface area contributed by atoms with Crippen LogP contribution in [0.5, 0.6) is 17.2 Å². The lowest BCUT2D eigenvalue weighted by Gasteiger charge is -2.41. The normalized spacial score (nSPS) is 17.4. The summed E-state index contributed by atoms with van der Waals surface area (Å²) >= 11 is 0. The largest absolute Gasteiger partial charge is 0.508 e. The fourth-order valence-electron chi connectivity index (χ4n) is 2.55. The fraction of sp³-hybridized carbons (Fsp3) is 0.417. The summed E-state index contributed by atoms with van der Waals surface area (Å²) < 4.78 is 0. The van der Waals surface area contributed by atoms with E-state index >= 15 is 0 Å². The van der Waals surface area contributed by atoms with Crippen molar-refractivity contribution in [3.05, 3.63) is 17.7 Å². The third kappa shape index (κ3) is 1.88. The number of phenols is 3. The molecule has 4 N–H and O–H groups in total. The first-order valence-corrected chi connectivity index (χ1v) is 5.42. The van der Waals surface area contributed by atoms with Gasteiger partial charge in [0.1, 0.15) is 17.2 Å². The van der Waals surface area contributed by atoms with Gasteiger partial charge in [0.15, 0.2) is 0 Å². The van der Waals surface area contributed by atoms with Gasteiger partial charge in [-0.15, -0.1) is 0 Å². The van der Waals surface area contributed by atoms with Crippen LogP contribution in [0.15, 0.2) is 12.1 Å². The molecule has 1 aliphatic carbocycles. The van der Waals surface area contributed by atoms with E-state index in [1.54, 1.807) is 0 Å². The number of aromatic hydroxyl groups is 3. The summed E-state index contributed by atoms with van der Waals surface area (Å²) in [6.45, 7) is 0. The molecule has 0 atom stereocenters. The van der Waals surface area contributed by atoms with E-state index in [2.05, 4.69) is 0 Å². The van der Waals surface area contributed by atoms with Crippen LogP contribution >= 0.6 is 0 Å². The van der Waals surface area contributed by atoms with Gasteiger partial charge in [-0.2, -0.15) is 0 Å². The smallest absolute Gasteiger partial charge is 0.304 e. The summed E-state index contributed by atoms with van der Waals surface area (Å²) in [6.07, 6.45) is 1.97. The van der Waals surface area contributed by atoms with Crippen molar-refractivity contribution in [3.8, 4) is 17.2 Å². The Morgan fingerprint density at radius 3 is 2.06 bits per heavy atom. The molecule has 0 aromatic heterocycles. The molecule has 1 aliphatic rings. The monoisotopic (exact) mass is 238 g/mol. The molecule has 5 nitrogen and oxygen atoms in total. The van der Waals surface area contributed by atoms with Gasteiger partial charge in [-0.05, 0) is 12.8 Å². The van der Waals surface area contributed by atoms with Crippen LogP contribution in [0.3, 0.4) is 0 Å². The molecule has 1 aromatic carbocycles. The Labute approximate surface area is 98.0 Å². The number of phenolic OH excluding ortho intramolecular Hbond substituents is 3. The predicted molar refractivity (Wildman–Crippen MR) is 59.2 cm³/mol. The van der Waals surface area contributed by atoms with E-state index in [0.29, 0.717) is 12.8 Å². The van der Waals surface area contributed by atoms with Crippen molar-refractivity contribution < 1.29 is 25.2 Å². The molecule has 5 heteroatoms. The second kappa shape index (κ2) is 3.84. The summed E-state index contributed by atoms with van der Waals surface area (Å²) in [5.41, 5.74) is -0.461. The molecule has 0 heterocycles. The Morgan fingerprint density at radius 2 is 1.71 bits per heavy atom. The van der Waals surface area contributed by atoms with Crippen LogP contribution in [0.25, 0.3) is 0 Å². The van der Waals surface area contributed by atoms with Gasteiger partial charge in [0, 0.05) is 23.1 Å². The highest BCUT2D eigenvalue weighted by Gasteiger charge is 2.44. The quantitative estimate of drug-likeness (QED) is 0.642. The maximum absolute atomic E-state index is 10.9. The van der Waals surface area contributed by atoms with Gasteiger partial charge in [0.25, 0.3) is 0 Å². The van der Waals surface area contributed by atoms with Gasteiger partial charge in [0.2, 0.25) is 0 Å². The van der Waals surface area contributed by atoms with Gasteiger partial charge in [0.05, 0.1) is 6.42 Å². The lowest BCUT2D eigenvalue weighted by Crippen LogP contribution is -2.36. The Balaban J connectivity index is 2.47. The molecular weight excluding hydrogens is 224 g/mol. The topological polar surface area (TPSA) is 98.0 Å². The Kier molecular flexibility index (Phi) is 2.61. The number of carboxylic acid groups (broad SMARTS) is 1. The SMILES string of the molecule is O=C(O)CC1(c2c(O)cc(O)cc2O)CCC1. The molecule has 0 unspecified atom stereocenters. The first kappa shape index (κ1) is 11.6. The predicted octanol–water partition coefficient (Wildman–Crippen LogP) is 1.70. The molecule has 0 bridgehead atoms. The molecule has 2 rings (SSSR count). The van der Waals surface area contributed by atoms with Crippen LogP contribution in [0.2, 0.25) is 0 Å². The van der Waals surface area contributed by atoms with Gasteiger partial charge in [-0.3, -0.25) is 4.79 Å². The standard InChI is InChI=1S/C12H14O5/c13-7-4-8(14)11(9(15)5-7)12(2-1-3-12)6-10(16)17/h4-5,13-15H,1-3,6H2,(H,16,17). The van der Waals surface area contributed by atoms with Crippen molar-refractivity contribution in [2.24, 2.45) is 0 Å². The zero-order valence-electron chi connectivity index (χ0n) is 9.18. The van der Waals surface area contributed by atoms with E-state index in [1.165, 1.54) is 0 Å². The molecular formula is C12H14O5. The van der Waals surface area contributed by atoms with Crippen LogP contribution in [-0.4, -0.2) is 26.4 Å². The van der Waals surface area contributed by atoms with Crippen LogP contribution < -0.4 is 0 Å². The first-order valence-electron chi connectivity index (χ1n) is 5.42. The number of carbonyl (C=O) groups is 1. The minimum Gasteiger partial charge on any atom is -0.508 e. The highest BCUT2D eigenvalue weighted by molar-refractivity contribution is 5.71. The van der Waals surface area contributed by atoms with E-state index in [9.17, 15) is 20.1 Å². The molecule has 0 saturated heterocycles. The van der Waals surface area contributed by atoms with E-state index < -0.39 is 11.4 Å². The highest BCUT2D eigenvalue weighted by atomic mass is 16.4. The Morgan fingerprint density at radius 1 is 1.18 bits per heavy atom. The zero-order valence-corrected chi connectivity index (χ0v) is 9.18. The van der Waals surface area contributed by atoms with Crippen molar-refractivity contribution in [3.63, 3.8) is 0 Å². The first-order chi connectivity index (χ1) is 7.94. The number of benzene rings is 1. The van der Waals surface area contributed by atoms with Crippen LogP contribution in [0, 0.1) is 0 Å². The van der Waals surface area contributed by atoms with E-state index in [-0.39, 0.29) is 29.2 Å². The third-order valence-corrected chi connectivity index (χ3v) is 3.41. The molecule has 1 fully saturated rings. The van der Waals surface area contributed by atoms with Gasteiger partial charge >= 0.3 is 5.97 Å². The zero-order chi connectivity index (χ0) is 12.6. The second-order valence-corrected chi connectivity index (χ2v) is 4.56.